The minimum absolute atomic E-state index is 0.0533. The SMILES string of the molecule is N[C@@H](CC1CC1)c1nc2ccc(C#CC3=CC(F)C(c4cnc([C@@H]5C[C@H]6C[C@H]6N5)[nH]4)C=C3)cc2[nH]1. The van der Waals surface area contributed by atoms with Crippen LogP contribution in [0.25, 0.3) is 11.0 Å². The Bertz CT molecular complexity index is 1390. The van der Waals surface area contributed by atoms with Crippen LogP contribution in [0.2, 0.25) is 0 Å². The third-order valence-corrected chi connectivity index (χ3v) is 7.83. The molecule has 7 rings (SSSR count). The quantitative estimate of drug-likeness (QED) is 0.415. The van der Waals surface area contributed by atoms with Crippen molar-refractivity contribution in [1.29, 1.82) is 0 Å². The Kier molecular flexibility index (Phi) is 4.93. The predicted molar refractivity (Wildman–Crippen MR) is 133 cm³/mol. The van der Waals surface area contributed by atoms with Crippen molar-refractivity contribution >= 4 is 11.0 Å². The van der Waals surface area contributed by atoms with Gasteiger partial charge in [0.2, 0.25) is 0 Å². The average Bonchev–Trinajstić information content (AvgIpc) is 3.63. The lowest BCUT2D eigenvalue weighted by Gasteiger charge is -2.17. The second kappa shape index (κ2) is 8.18. The summed E-state index contributed by atoms with van der Waals surface area (Å²) in [6.45, 7) is 0. The molecule has 3 aliphatic carbocycles. The molecule has 3 heterocycles. The highest BCUT2D eigenvalue weighted by molar-refractivity contribution is 5.77. The Labute approximate surface area is 203 Å². The summed E-state index contributed by atoms with van der Waals surface area (Å²) in [5.74, 6) is 9.23. The topological polar surface area (TPSA) is 95.4 Å². The second-order valence-electron chi connectivity index (χ2n) is 10.6. The number of allylic oxidation sites excluding steroid dienone is 4. The molecule has 35 heavy (non-hydrogen) atoms. The van der Waals surface area contributed by atoms with Crippen LogP contribution >= 0.6 is 0 Å². The number of imidazole rings is 2. The molecule has 178 valence electrons. The molecular formula is C28H29FN6. The summed E-state index contributed by atoms with van der Waals surface area (Å²) in [5, 5.41) is 3.59. The van der Waals surface area contributed by atoms with Gasteiger partial charge < -0.3 is 21.0 Å². The van der Waals surface area contributed by atoms with E-state index >= 15 is 4.39 Å². The molecule has 2 aromatic heterocycles. The summed E-state index contributed by atoms with van der Waals surface area (Å²) in [6.07, 6.45) is 12.0. The van der Waals surface area contributed by atoms with Gasteiger partial charge in [0.25, 0.3) is 0 Å². The predicted octanol–water partition coefficient (Wildman–Crippen LogP) is 4.48. The summed E-state index contributed by atoms with van der Waals surface area (Å²) in [7, 11) is 0. The van der Waals surface area contributed by atoms with E-state index < -0.39 is 6.17 Å². The summed E-state index contributed by atoms with van der Waals surface area (Å²) in [6, 6.07) is 6.76. The molecule has 0 bridgehead atoms. The van der Waals surface area contributed by atoms with Crippen LogP contribution < -0.4 is 11.1 Å². The average molecular weight is 469 g/mol. The molecule has 0 spiro atoms. The lowest BCUT2D eigenvalue weighted by Crippen LogP contribution is -2.19. The van der Waals surface area contributed by atoms with E-state index in [-0.39, 0.29) is 18.0 Å². The zero-order valence-corrected chi connectivity index (χ0v) is 19.5. The van der Waals surface area contributed by atoms with E-state index in [9.17, 15) is 0 Å². The van der Waals surface area contributed by atoms with Crippen molar-refractivity contribution in [2.45, 2.75) is 62.3 Å². The highest BCUT2D eigenvalue weighted by Gasteiger charge is 2.46. The van der Waals surface area contributed by atoms with Crippen LogP contribution in [0.1, 0.15) is 73.0 Å². The minimum Gasteiger partial charge on any atom is -0.344 e. The van der Waals surface area contributed by atoms with Gasteiger partial charge in [0.1, 0.15) is 17.8 Å². The molecule has 1 saturated heterocycles. The maximum absolute atomic E-state index is 15.1. The Hall–Kier alpha value is -3.21. The fourth-order valence-corrected chi connectivity index (χ4v) is 5.48. The molecular weight excluding hydrogens is 439 g/mol. The third-order valence-electron chi connectivity index (χ3n) is 7.83. The monoisotopic (exact) mass is 468 g/mol. The summed E-state index contributed by atoms with van der Waals surface area (Å²) in [4.78, 5) is 15.9. The summed E-state index contributed by atoms with van der Waals surface area (Å²) in [5.41, 5.74) is 10.5. The van der Waals surface area contributed by atoms with Gasteiger partial charge in [-0.25, -0.2) is 14.4 Å². The first-order valence-corrected chi connectivity index (χ1v) is 12.7. The number of fused-ring (bicyclic) bond motifs is 2. The number of benzene rings is 1. The summed E-state index contributed by atoms with van der Waals surface area (Å²) < 4.78 is 15.1. The van der Waals surface area contributed by atoms with Crippen molar-refractivity contribution in [1.82, 2.24) is 25.3 Å². The van der Waals surface area contributed by atoms with Gasteiger partial charge in [-0.05, 0) is 61.4 Å². The van der Waals surface area contributed by atoms with Gasteiger partial charge in [-0.15, -0.1) is 0 Å². The second-order valence-corrected chi connectivity index (χ2v) is 10.6. The zero-order chi connectivity index (χ0) is 23.5. The molecule has 0 amide bonds. The number of nitrogens with two attached hydrogens (primary N) is 1. The molecule has 5 N–H and O–H groups in total. The van der Waals surface area contributed by atoms with E-state index in [1.807, 2.05) is 30.4 Å². The van der Waals surface area contributed by atoms with E-state index in [0.717, 1.165) is 58.6 Å². The number of H-pyrrole nitrogens is 2. The molecule has 6 atom stereocenters. The fraction of sp³-hybridized carbons (Fsp3) is 0.429. The number of piperidine rings is 1. The smallest absolute Gasteiger partial charge is 0.132 e. The highest BCUT2D eigenvalue weighted by atomic mass is 19.1. The summed E-state index contributed by atoms with van der Waals surface area (Å²) >= 11 is 0. The Morgan fingerprint density at radius 3 is 2.89 bits per heavy atom. The van der Waals surface area contributed by atoms with Crippen molar-refractivity contribution in [3.8, 4) is 11.8 Å². The number of alkyl halides is 1. The number of aromatic nitrogens is 4. The van der Waals surface area contributed by atoms with E-state index in [1.54, 1.807) is 12.3 Å². The molecule has 3 aromatic rings. The number of hydrogen-bond donors (Lipinski definition) is 4. The van der Waals surface area contributed by atoms with Gasteiger partial charge in [-0.3, -0.25) is 0 Å². The molecule has 2 unspecified atom stereocenters. The van der Waals surface area contributed by atoms with Crippen LogP contribution in [0, 0.1) is 23.7 Å². The van der Waals surface area contributed by atoms with Gasteiger partial charge in [0.05, 0.1) is 29.0 Å². The lowest BCUT2D eigenvalue weighted by atomic mass is 9.92. The first-order chi connectivity index (χ1) is 17.1. The molecule has 1 aromatic carbocycles. The highest BCUT2D eigenvalue weighted by Crippen LogP contribution is 2.45. The molecule has 3 fully saturated rings. The van der Waals surface area contributed by atoms with Crippen molar-refractivity contribution in [3.05, 3.63) is 71.1 Å². The lowest BCUT2D eigenvalue weighted by molar-refractivity contribution is 0.364. The van der Waals surface area contributed by atoms with Crippen molar-refractivity contribution in [2.24, 2.45) is 17.6 Å². The molecule has 6 nitrogen and oxygen atoms in total. The molecule has 1 aliphatic heterocycles. The molecule has 7 heteroatoms. The molecule has 0 radical (unpaired) electrons. The standard InChI is InChI=1S/C28H29FN6/c29-20-9-15(5-7-19(20)26-14-31-28(35-26)25-13-18-12-23(18)32-25)1-4-17-6-8-22-24(11-17)34-27(33-22)21(30)10-16-2-3-16/h5-9,11,14,16,18-21,23,25,32H,2-3,10,12-13,30H2,(H,31,35)(H,33,34)/t18-,19?,20?,21+,23-,25+/m1/s1. The van der Waals surface area contributed by atoms with Crippen LogP contribution in [0.15, 0.2) is 48.2 Å². The van der Waals surface area contributed by atoms with Gasteiger partial charge in [0, 0.05) is 29.1 Å². The number of hydrogen-bond acceptors (Lipinski definition) is 4. The van der Waals surface area contributed by atoms with E-state index in [4.69, 9.17) is 5.73 Å². The first-order valence-electron chi connectivity index (χ1n) is 12.7. The van der Waals surface area contributed by atoms with Gasteiger partial charge >= 0.3 is 0 Å². The van der Waals surface area contributed by atoms with Crippen LogP contribution in [0.3, 0.4) is 0 Å². The number of nitrogens with one attached hydrogen (secondary N) is 3. The maximum Gasteiger partial charge on any atom is 0.132 e. The Balaban J connectivity index is 1.03. The third kappa shape index (κ3) is 4.22. The normalized spacial score (nSPS) is 30.0. The molecule has 4 aliphatic rings. The van der Waals surface area contributed by atoms with E-state index in [1.165, 1.54) is 19.3 Å². The first kappa shape index (κ1) is 21.1. The number of halogens is 1. The zero-order valence-electron chi connectivity index (χ0n) is 19.5. The van der Waals surface area contributed by atoms with Gasteiger partial charge in [-0.2, -0.15) is 0 Å². The van der Waals surface area contributed by atoms with E-state index in [0.29, 0.717) is 11.6 Å². The minimum atomic E-state index is -1.15. The number of aromatic amines is 2. The molecule has 2 saturated carbocycles. The van der Waals surface area contributed by atoms with Crippen LogP contribution in [0.4, 0.5) is 4.39 Å². The van der Waals surface area contributed by atoms with Crippen molar-refractivity contribution in [2.75, 3.05) is 0 Å². The van der Waals surface area contributed by atoms with Crippen molar-refractivity contribution in [3.63, 3.8) is 0 Å². The maximum atomic E-state index is 15.1. The Morgan fingerprint density at radius 1 is 1.17 bits per heavy atom. The Morgan fingerprint density at radius 2 is 2.09 bits per heavy atom. The number of rotatable bonds is 5. The van der Waals surface area contributed by atoms with Gasteiger partial charge in [0.15, 0.2) is 0 Å². The number of nitrogens with zero attached hydrogens (tertiary/aromatic N) is 2. The van der Waals surface area contributed by atoms with Crippen molar-refractivity contribution < 1.29 is 4.39 Å². The van der Waals surface area contributed by atoms with Gasteiger partial charge in [-0.1, -0.05) is 30.8 Å². The van der Waals surface area contributed by atoms with E-state index in [2.05, 4.69) is 37.1 Å². The fourth-order valence-electron chi connectivity index (χ4n) is 5.48. The largest absolute Gasteiger partial charge is 0.344 e. The van der Waals surface area contributed by atoms with Crippen LogP contribution in [0.5, 0.6) is 0 Å². The van der Waals surface area contributed by atoms with Crippen LogP contribution in [-0.2, 0) is 0 Å². The van der Waals surface area contributed by atoms with Crippen LogP contribution in [-0.4, -0.2) is 32.1 Å².